The molecule has 108 valence electrons. The molecule has 0 atom stereocenters. The van der Waals surface area contributed by atoms with Crippen LogP contribution in [0.5, 0.6) is 0 Å². The highest BCUT2D eigenvalue weighted by Crippen LogP contribution is 2.09. The fraction of sp³-hybridized carbons (Fsp3) is 0.727. The van der Waals surface area contributed by atoms with Gasteiger partial charge in [-0.15, -0.1) is 0 Å². The van der Waals surface area contributed by atoms with Crippen molar-refractivity contribution >= 4 is 17.8 Å². The Morgan fingerprint density at radius 1 is 0.789 bits per heavy atom. The number of nitrogens with two attached hydrogens (primary N) is 2. The van der Waals surface area contributed by atoms with Crippen LogP contribution in [0.4, 0.5) is 17.8 Å². The van der Waals surface area contributed by atoms with Crippen molar-refractivity contribution in [1.82, 2.24) is 15.0 Å². The van der Waals surface area contributed by atoms with Gasteiger partial charge in [0.2, 0.25) is 17.8 Å². The van der Waals surface area contributed by atoms with Crippen LogP contribution in [0.15, 0.2) is 0 Å². The fourth-order valence-corrected chi connectivity index (χ4v) is 1.36. The number of unbranched alkanes of at least 4 members (excludes halogenated alkanes) is 1. The van der Waals surface area contributed by atoms with Crippen LogP contribution in [-0.2, 0) is 0 Å². The maximum Gasteiger partial charge on any atom is 0.229 e. The lowest BCUT2D eigenvalue weighted by atomic mass is 10.3. The number of hydrogen-bond donors (Lipinski definition) is 5. The van der Waals surface area contributed by atoms with Crippen molar-refractivity contribution in [2.75, 3.05) is 48.7 Å². The second kappa shape index (κ2) is 9.29. The summed E-state index contributed by atoms with van der Waals surface area (Å²) in [6.07, 6.45) is 2.19. The van der Waals surface area contributed by atoms with Crippen molar-refractivity contribution in [2.45, 2.75) is 19.8 Å². The SMILES string of the molecule is CCCCNc1nc(NCCN)nc(NCCN)n1. The molecule has 7 N–H and O–H groups in total. The molecule has 0 fully saturated rings. The Morgan fingerprint density at radius 3 is 1.58 bits per heavy atom. The van der Waals surface area contributed by atoms with Gasteiger partial charge in [0.05, 0.1) is 0 Å². The minimum atomic E-state index is 0.513. The molecular weight excluding hydrogens is 244 g/mol. The van der Waals surface area contributed by atoms with E-state index in [-0.39, 0.29) is 0 Å². The zero-order valence-electron chi connectivity index (χ0n) is 11.4. The van der Waals surface area contributed by atoms with Crippen LogP contribution in [0, 0.1) is 0 Å². The van der Waals surface area contributed by atoms with Crippen molar-refractivity contribution < 1.29 is 0 Å². The highest BCUT2D eigenvalue weighted by molar-refractivity contribution is 5.42. The minimum Gasteiger partial charge on any atom is -0.354 e. The van der Waals surface area contributed by atoms with E-state index in [0.717, 1.165) is 19.4 Å². The van der Waals surface area contributed by atoms with Gasteiger partial charge in [0.15, 0.2) is 0 Å². The lowest BCUT2D eigenvalue weighted by Crippen LogP contribution is -2.19. The van der Waals surface area contributed by atoms with E-state index < -0.39 is 0 Å². The van der Waals surface area contributed by atoms with Crippen LogP contribution in [0.1, 0.15) is 19.8 Å². The number of nitrogens with one attached hydrogen (secondary N) is 3. The first kappa shape index (κ1) is 15.4. The Kier molecular flexibility index (Phi) is 7.52. The first-order valence-electron chi connectivity index (χ1n) is 6.68. The van der Waals surface area contributed by atoms with E-state index in [9.17, 15) is 0 Å². The van der Waals surface area contributed by atoms with Crippen LogP contribution in [0.3, 0.4) is 0 Å². The molecule has 8 nitrogen and oxygen atoms in total. The topological polar surface area (TPSA) is 127 Å². The number of hydrogen-bond acceptors (Lipinski definition) is 8. The van der Waals surface area contributed by atoms with E-state index in [0.29, 0.717) is 44.0 Å². The molecule has 0 bridgehead atoms. The standard InChI is InChI=1S/C11H24N8/c1-2-3-6-14-9-17-10(15-7-4-12)19-11(18-9)16-8-5-13/h2-8,12-13H2,1H3,(H3,14,15,16,17,18,19). The molecular formula is C11H24N8. The highest BCUT2D eigenvalue weighted by Gasteiger charge is 2.05. The summed E-state index contributed by atoms with van der Waals surface area (Å²) in [5.74, 6) is 1.58. The summed E-state index contributed by atoms with van der Waals surface area (Å²) >= 11 is 0. The van der Waals surface area contributed by atoms with Gasteiger partial charge < -0.3 is 27.4 Å². The van der Waals surface area contributed by atoms with E-state index in [1.807, 2.05) is 0 Å². The first-order valence-corrected chi connectivity index (χ1v) is 6.68. The summed E-state index contributed by atoms with van der Waals surface area (Å²) in [6, 6.07) is 0. The van der Waals surface area contributed by atoms with Gasteiger partial charge in [0.25, 0.3) is 0 Å². The molecule has 1 heterocycles. The molecule has 1 rings (SSSR count). The number of aromatic nitrogens is 3. The quantitative estimate of drug-likeness (QED) is 0.370. The first-order chi connectivity index (χ1) is 9.30. The largest absolute Gasteiger partial charge is 0.354 e. The molecule has 0 amide bonds. The molecule has 0 aromatic carbocycles. The predicted molar refractivity (Wildman–Crippen MR) is 78.3 cm³/mol. The van der Waals surface area contributed by atoms with Crippen LogP contribution >= 0.6 is 0 Å². The molecule has 0 unspecified atom stereocenters. The number of nitrogens with zero attached hydrogens (tertiary/aromatic N) is 3. The number of rotatable bonds is 10. The summed E-state index contributed by atoms with van der Waals surface area (Å²) in [6.45, 7) is 5.26. The van der Waals surface area contributed by atoms with Crippen molar-refractivity contribution in [3.63, 3.8) is 0 Å². The average molecular weight is 268 g/mol. The zero-order chi connectivity index (χ0) is 13.9. The summed E-state index contributed by atoms with van der Waals surface area (Å²) in [5, 5.41) is 9.26. The molecule has 0 aliphatic rings. The van der Waals surface area contributed by atoms with Crippen LogP contribution in [-0.4, -0.2) is 47.7 Å². The van der Waals surface area contributed by atoms with Gasteiger partial charge >= 0.3 is 0 Å². The molecule has 1 aromatic rings. The molecule has 0 spiro atoms. The minimum absolute atomic E-state index is 0.513. The van der Waals surface area contributed by atoms with E-state index in [1.54, 1.807) is 0 Å². The van der Waals surface area contributed by atoms with Crippen molar-refractivity contribution in [2.24, 2.45) is 11.5 Å². The summed E-state index contributed by atoms with van der Waals surface area (Å²) in [5.41, 5.74) is 10.9. The van der Waals surface area contributed by atoms with E-state index in [2.05, 4.69) is 37.8 Å². The summed E-state index contributed by atoms with van der Waals surface area (Å²) in [4.78, 5) is 12.8. The van der Waals surface area contributed by atoms with E-state index in [4.69, 9.17) is 11.5 Å². The molecule has 8 heteroatoms. The third-order valence-electron chi connectivity index (χ3n) is 2.30. The monoisotopic (exact) mass is 268 g/mol. The Labute approximate surface area is 113 Å². The van der Waals surface area contributed by atoms with Gasteiger partial charge in [-0.05, 0) is 6.42 Å². The summed E-state index contributed by atoms with van der Waals surface area (Å²) in [7, 11) is 0. The molecule has 1 aromatic heterocycles. The Bertz CT molecular complexity index is 330. The lowest BCUT2D eigenvalue weighted by Gasteiger charge is -2.10. The third-order valence-corrected chi connectivity index (χ3v) is 2.30. The van der Waals surface area contributed by atoms with Gasteiger partial charge in [0, 0.05) is 32.7 Å². The van der Waals surface area contributed by atoms with Gasteiger partial charge in [-0.3, -0.25) is 0 Å². The second-order valence-corrected chi connectivity index (χ2v) is 4.02. The summed E-state index contributed by atoms with van der Waals surface area (Å²) < 4.78 is 0. The van der Waals surface area contributed by atoms with Crippen LogP contribution in [0.2, 0.25) is 0 Å². The van der Waals surface area contributed by atoms with Crippen molar-refractivity contribution in [3.8, 4) is 0 Å². The van der Waals surface area contributed by atoms with Crippen molar-refractivity contribution in [3.05, 3.63) is 0 Å². The van der Waals surface area contributed by atoms with Crippen molar-refractivity contribution in [1.29, 1.82) is 0 Å². The van der Waals surface area contributed by atoms with Crippen LogP contribution in [0.25, 0.3) is 0 Å². The maximum atomic E-state index is 5.45. The highest BCUT2D eigenvalue weighted by atomic mass is 15.3. The van der Waals surface area contributed by atoms with Gasteiger partial charge in [-0.25, -0.2) is 0 Å². The molecule has 0 saturated carbocycles. The van der Waals surface area contributed by atoms with Gasteiger partial charge in [-0.1, -0.05) is 13.3 Å². The average Bonchev–Trinajstić information content (AvgIpc) is 2.43. The Hall–Kier alpha value is -1.67. The van der Waals surface area contributed by atoms with Gasteiger partial charge in [0.1, 0.15) is 0 Å². The second-order valence-electron chi connectivity index (χ2n) is 4.02. The van der Waals surface area contributed by atoms with Gasteiger partial charge in [-0.2, -0.15) is 15.0 Å². The molecule has 0 saturated heterocycles. The lowest BCUT2D eigenvalue weighted by molar-refractivity contribution is 0.823. The molecule has 0 aliphatic heterocycles. The van der Waals surface area contributed by atoms with Crippen LogP contribution < -0.4 is 27.4 Å². The normalized spacial score (nSPS) is 10.3. The maximum absolute atomic E-state index is 5.45. The molecule has 0 aliphatic carbocycles. The van der Waals surface area contributed by atoms with E-state index in [1.165, 1.54) is 0 Å². The molecule has 19 heavy (non-hydrogen) atoms. The zero-order valence-corrected chi connectivity index (χ0v) is 11.4. The Morgan fingerprint density at radius 2 is 1.21 bits per heavy atom. The third kappa shape index (κ3) is 6.16. The smallest absolute Gasteiger partial charge is 0.229 e. The van der Waals surface area contributed by atoms with E-state index >= 15 is 0 Å². The fourth-order valence-electron chi connectivity index (χ4n) is 1.36. The molecule has 0 radical (unpaired) electrons. The number of anilines is 3. The predicted octanol–water partition coefficient (Wildman–Crippen LogP) is -0.175. The Balaban J connectivity index is 2.70.